The van der Waals surface area contributed by atoms with Gasteiger partial charge in [0.25, 0.3) is 5.56 Å². The van der Waals surface area contributed by atoms with Crippen LogP contribution in [0.1, 0.15) is 38.5 Å². The number of aromatic nitrogens is 2. The van der Waals surface area contributed by atoms with Crippen LogP contribution >= 0.6 is 11.8 Å². The lowest BCUT2D eigenvalue weighted by atomic mass is 9.95. The van der Waals surface area contributed by atoms with Crippen LogP contribution in [-0.4, -0.2) is 39.0 Å². The van der Waals surface area contributed by atoms with Gasteiger partial charge in [0.2, 0.25) is 5.91 Å². The van der Waals surface area contributed by atoms with Gasteiger partial charge in [-0.3, -0.25) is 14.2 Å². The van der Waals surface area contributed by atoms with E-state index in [1.807, 2.05) is 12.1 Å². The number of nitrogens with one attached hydrogen (secondary N) is 1. The molecular formula is C19H25N3O3S. The zero-order valence-electron chi connectivity index (χ0n) is 14.8. The van der Waals surface area contributed by atoms with Crippen LogP contribution in [0.5, 0.6) is 0 Å². The minimum Gasteiger partial charge on any atom is -0.396 e. The lowest BCUT2D eigenvalue weighted by molar-refractivity contribution is -0.119. The van der Waals surface area contributed by atoms with Gasteiger partial charge in [-0.15, -0.1) is 0 Å². The van der Waals surface area contributed by atoms with Crippen LogP contribution in [0.2, 0.25) is 0 Å². The molecule has 1 aliphatic rings. The van der Waals surface area contributed by atoms with Gasteiger partial charge in [-0.1, -0.05) is 43.2 Å². The average Bonchev–Trinajstić information content (AvgIpc) is 2.67. The summed E-state index contributed by atoms with van der Waals surface area (Å²) in [5, 5.41) is 13.3. The molecule has 1 amide bonds. The molecule has 0 radical (unpaired) electrons. The summed E-state index contributed by atoms with van der Waals surface area (Å²) in [6.45, 7) is 0.394. The Morgan fingerprint density at radius 3 is 2.81 bits per heavy atom. The SMILES string of the molecule is O=C(CSc1nc2ccccc2c(=O)n1CCCO)NC1CCCCC1. The second kappa shape index (κ2) is 9.19. The van der Waals surface area contributed by atoms with Gasteiger partial charge < -0.3 is 10.4 Å². The molecule has 0 unspecified atom stereocenters. The summed E-state index contributed by atoms with van der Waals surface area (Å²) in [7, 11) is 0. The monoisotopic (exact) mass is 375 g/mol. The van der Waals surface area contributed by atoms with Crippen LogP contribution in [0, 0.1) is 0 Å². The summed E-state index contributed by atoms with van der Waals surface area (Å²) in [5.41, 5.74) is 0.507. The first-order valence-corrected chi connectivity index (χ1v) is 10.2. The fourth-order valence-corrected chi connectivity index (χ4v) is 4.17. The molecule has 1 aliphatic carbocycles. The molecule has 7 heteroatoms. The zero-order chi connectivity index (χ0) is 18.4. The summed E-state index contributed by atoms with van der Waals surface area (Å²) < 4.78 is 1.57. The molecule has 3 rings (SSSR count). The molecule has 1 heterocycles. The van der Waals surface area contributed by atoms with Gasteiger partial charge >= 0.3 is 0 Å². The van der Waals surface area contributed by atoms with Crippen LogP contribution in [0.4, 0.5) is 0 Å². The molecule has 0 saturated heterocycles. The van der Waals surface area contributed by atoms with E-state index in [0.29, 0.717) is 29.0 Å². The van der Waals surface area contributed by atoms with E-state index in [1.165, 1.54) is 31.0 Å². The quantitative estimate of drug-likeness (QED) is 0.573. The van der Waals surface area contributed by atoms with E-state index in [2.05, 4.69) is 10.3 Å². The highest BCUT2D eigenvalue weighted by Crippen LogP contribution is 2.20. The molecule has 1 aromatic heterocycles. The number of aliphatic hydroxyl groups is 1. The molecule has 2 N–H and O–H groups in total. The lowest BCUT2D eigenvalue weighted by Gasteiger charge is -2.22. The summed E-state index contributed by atoms with van der Waals surface area (Å²) in [5.74, 6) is 0.221. The Bertz CT molecular complexity index is 815. The maximum absolute atomic E-state index is 12.7. The van der Waals surface area contributed by atoms with Crippen molar-refractivity contribution in [2.75, 3.05) is 12.4 Å². The van der Waals surface area contributed by atoms with E-state index in [0.717, 1.165) is 12.8 Å². The maximum Gasteiger partial charge on any atom is 0.262 e. The third-order valence-corrected chi connectivity index (χ3v) is 5.65. The molecule has 1 aromatic carbocycles. The zero-order valence-corrected chi connectivity index (χ0v) is 15.6. The Morgan fingerprint density at radius 2 is 2.04 bits per heavy atom. The van der Waals surface area contributed by atoms with E-state index >= 15 is 0 Å². The largest absolute Gasteiger partial charge is 0.396 e. The third kappa shape index (κ3) is 4.65. The number of hydrogen-bond acceptors (Lipinski definition) is 5. The predicted molar refractivity (Wildman–Crippen MR) is 103 cm³/mol. The van der Waals surface area contributed by atoms with Crippen molar-refractivity contribution >= 4 is 28.6 Å². The minimum atomic E-state index is -0.126. The van der Waals surface area contributed by atoms with Crippen molar-refractivity contribution in [1.82, 2.24) is 14.9 Å². The Kier molecular flexibility index (Phi) is 6.68. The van der Waals surface area contributed by atoms with Gasteiger partial charge in [0.15, 0.2) is 5.16 Å². The second-order valence-electron chi connectivity index (χ2n) is 6.64. The minimum absolute atomic E-state index is 0.00550. The molecule has 1 saturated carbocycles. The number of para-hydroxylation sites is 1. The molecular weight excluding hydrogens is 350 g/mol. The van der Waals surface area contributed by atoms with Gasteiger partial charge in [0, 0.05) is 19.2 Å². The summed E-state index contributed by atoms with van der Waals surface area (Å²) >= 11 is 1.28. The van der Waals surface area contributed by atoms with Crippen LogP contribution in [0.3, 0.4) is 0 Å². The van der Waals surface area contributed by atoms with Crippen molar-refractivity contribution in [3.05, 3.63) is 34.6 Å². The highest BCUT2D eigenvalue weighted by molar-refractivity contribution is 7.99. The topological polar surface area (TPSA) is 84.2 Å². The summed E-state index contributed by atoms with van der Waals surface area (Å²) in [4.78, 5) is 29.6. The number of carbonyl (C=O) groups is 1. The van der Waals surface area contributed by atoms with Crippen LogP contribution in [0.25, 0.3) is 10.9 Å². The number of aliphatic hydroxyl groups excluding tert-OH is 1. The van der Waals surface area contributed by atoms with Gasteiger partial charge in [0.1, 0.15) is 0 Å². The number of thioether (sulfide) groups is 1. The van der Waals surface area contributed by atoms with Crippen LogP contribution in [-0.2, 0) is 11.3 Å². The number of nitrogens with zero attached hydrogens (tertiary/aromatic N) is 2. The van der Waals surface area contributed by atoms with Crippen LogP contribution in [0.15, 0.2) is 34.2 Å². The van der Waals surface area contributed by atoms with E-state index in [-0.39, 0.29) is 29.9 Å². The van der Waals surface area contributed by atoms with Gasteiger partial charge in [-0.05, 0) is 31.4 Å². The van der Waals surface area contributed by atoms with Gasteiger partial charge in [0.05, 0.1) is 16.7 Å². The normalized spacial score (nSPS) is 15.3. The van der Waals surface area contributed by atoms with E-state index in [9.17, 15) is 9.59 Å². The summed E-state index contributed by atoms with van der Waals surface area (Å²) in [6, 6.07) is 7.49. The highest BCUT2D eigenvalue weighted by Gasteiger charge is 2.17. The number of benzene rings is 1. The lowest BCUT2D eigenvalue weighted by Crippen LogP contribution is -2.37. The Hall–Kier alpha value is -1.86. The van der Waals surface area contributed by atoms with Gasteiger partial charge in [-0.2, -0.15) is 0 Å². The van der Waals surface area contributed by atoms with Crippen molar-refractivity contribution in [2.24, 2.45) is 0 Å². The molecule has 26 heavy (non-hydrogen) atoms. The predicted octanol–water partition coefficient (Wildman–Crippen LogP) is 2.32. The Balaban J connectivity index is 1.74. The smallest absolute Gasteiger partial charge is 0.262 e. The fourth-order valence-electron chi connectivity index (χ4n) is 3.33. The van der Waals surface area contributed by atoms with Crippen molar-refractivity contribution in [3.8, 4) is 0 Å². The number of amides is 1. The average molecular weight is 375 g/mol. The Morgan fingerprint density at radius 1 is 1.27 bits per heavy atom. The third-order valence-electron chi connectivity index (χ3n) is 4.67. The van der Waals surface area contributed by atoms with Crippen molar-refractivity contribution < 1.29 is 9.90 Å². The van der Waals surface area contributed by atoms with Gasteiger partial charge in [-0.25, -0.2) is 4.98 Å². The molecule has 140 valence electrons. The van der Waals surface area contributed by atoms with Crippen molar-refractivity contribution in [3.63, 3.8) is 0 Å². The Labute approximate surface area is 157 Å². The molecule has 1 fully saturated rings. The first kappa shape index (κ1) is 18.9. The van der Waals surface area contributed by atoms with Crippen molar-refractivity contribution in [2.45, 2.75) is 56.3 Å². The number of carbonyl (C=O) groups excluding carboxylic acids is 1. The number of fused-ring (bicyclic) bond motifs is 1. The molecule has 0 spiro atoms. The first-order valence-electron chi connectivity index (χ1n) is 9.21. The first-order chi connectivity index (χ1) is 12.7. The number of hydrogen-bond donors (Lipinski definition) is 2. The second-order valence-corrected chi connectivity index (χ2v) is 7.58. The summed E-state index contributed by atoms with van der Waals surface area (Å²) in [6.07, 6.45) is 6.16. The number of rotatable bonds is 7. The van der Waals surface area contributed by atoms with E-state index < -0.39 is 0 Å². The van der Waals surface area contributed by atoms with E-state index in [1.54, 1.807) is 16.7 Å². The fraction of sp³-hybridized carbons (Fsp3) is 0.526. The van der Waals surface area contributed by atoms with E-state index in [4.69, 9.17) is 5.11 Å². The molecule has 0 atom stereocenters. The standard InChI is InChI=1S/C19H25N3O3S/c23-12-6-11-22-18(25)15-9-4-5-10-16(15)21-19(22)26-13-17(24)20-14-7-2-1-3-8-14/h4-5,9-10,14,23H,1-3,6-8,11-13H2,(H,20,24). The molecule has 0 aliphatic heterocycles. The highest BCUT2D eigenvalue weighted by atomic mass is 32.2. The van der Waals surface area contributed by atoms with Crippen molar-refractivity contribution in [1.29, 1.82) is 0 Å². The molecule has 6 nitrogen and oxygen atoms in total. The molecule has 2 aromatic rings. The maximum atomic E-state index is 12.7. The van der Waals surface area contributed by atoms with Crippen LogP contribution < -0.4 is 10.9 Å². The molecule has 0 bridgehead atoms.